The average Bonchev–Trinajstić information content (AvgIpc) is 3.35. The van der Waals surface area contributed by atoms with Crippen LogP contribution in [0.1, 0.15) is 34.4 Å². The lowest BCUT2D eigenvalue weighted by Crippen LogP contribution is -1.96. The van der Waals surface area contributed by atoms with Gasteiger partial charge in [0.1, 0.15) is 0 Å². The van der Waals surface area contributed by atoms with E-state index in [0.29, 0.717) is 0 Å². The Morgan fingerprint density at radius 2 is 1.24 bits per heavy atom. The van der Waals surface area contributed by atoms with Crippen molar-refractivity contribution in [3.05, 3.63) is 119 Å². The molecule has 0 radical (unpaired) electrons. The van der Waals surface area contributed by atoms with Crippen molar-refractivity contribution in [1.82, 2.24) is 0 Å². The highest BCUT2D eigenvalue weighted by molar-refractivity contribution is 7.20. The molecule has 0 N–H and O–H groups in total. The second-order valence-electron chi connectivity index (χ2n) is 10.3. The Morgan fingerprint density at radius 3 is 2.03 bits per heavy atom. The van der Waals surface area contributed by atoms with Crippen LogP contribution in [0.25, 0.3) is 66.0 Å². The zero-order chi connectivity index (χ0) is 24.3. The molecule has 0 atom stereocenters. The summed E-state index contributed by atoms with van der Waals surface area (Å²) in [7, 11) is 0. The maximum absolute atomic E-state index is 2.44. The molecule has 0 nitrogen and oxygen atoms in total. The van der Waals surface area contributed by atoms with Crippen LogP contribution in [0.3, 0.4) is 0 Å². The highest BCUT2D eigenvalue weighted by Crippen LogP contribution is 2.48. The number of benzene rings is 5. The number of thiophene rings is 1. The van der Waals surface area contributed by atoms with Crippen LogP contribution in [-0.2, 0) is 12.8 Å². The van der Waals surface area contributed by atoms with Crippen LogP contribution < -0.4 is 0 Å². The minimum absolute atomic E-state index is 1.12. The molecule has 0 spiro atoms. The highest BCUT2D eigenvalue weighted by atomic mass is 32.1. The van der Waals surface area contributed by atoms with Gasteiger partial charge in [-0.2, -0.15) is 0 Å². The third-order valence-corrected chi connectivity index (χ3v) is 9.44. The van der Waals surface area contributed by atoms with Crippen molar-refractivity contribution in [2.45, 2.75) is 25.7 Å². The van der Waals surface area contributed by atoms with Crippen molar-refractivity contribution in [3.63, 3.8) is 0 Å². The van der Waals surface area contributed by atoms with E-state index >= 15 is 0 Å². The lowest BCUT2D eigenvalue weighted by Gasteiger charge is -2.19. The lowest BCUT2D eigenvalue weighted by atomic mass is 9.84. The summed E-state index contributed by atoms with van der Waals surface area (Å²) < 4.78 is 1.42. The van der Waals surface area contributed by atoms with Crippen molar-refractivity contribution in [1.29, 1.82) is 0 Å². The van der Waals surface area contributed by atoms with E-state index in [1.807, 2.05) is 11.3 Å². The van der Waals surface area contributed by atoms with Gasteiger partial charge in [-0.25, -0.2) is 0 Å². The first-order valence-electron chi connectivity index (χ1n) is 13.3. The average molecular weight is 491 g/mol. The zero-order valence-corrected chi connectivity index (χ0v) is 21.4. The normalized spacial score (nSPS) is 14.4. The Kier molecular flexibility index (Phi) is 4.75. The Morgan fingerprint density at radius 1 is 0.568 bits per heavy atom. The van der Waals surface area contributed by atoms with Gasteiger partial charge < -0.3 is 0 Å². The van der Waals surface area contributed by atoms with Crippen molar-refractivity contribution >= 4 is 55.1 Å². The molecule has 6 aromatic rings. The number of rotatable bonds is 2. The predicted octanol–water partition coefficient (Wildman–Crippen LogP) is 10.5. The first-order valence-corrected chi connectivity index (χ1v) is 14.1. The van der Waals surface area contributed by atoms with Crippen molar-refractivity contribution in [2.75, 3.05) is 0 Å². The molecule has 0 fully saturated rings. The minimum Gasteiger partial charge on any atom is -0.135 e. The summed E-state index contributed by atoms with van der Waals surface area (Å²) >= 11 is 1.96. The van der Waals surface area contributed by atoms with Gasteiger partial charge in [0, 0.05) is 15.1 Å². The van der Waals surface area contributed by atoms with Crippen LogP contribution in [0.5, 0.6) is 0 Å². The van der Waals surface area contributed by atoms with Gasteiger partial charge in [0.05, 0.1) is 0 Å². The Hall–Kier alpha value is -3.94. The number of fused-ring (bicyclic) bond motifs is 6. The Labute approximate surface area is 221 Å². The van der Waals surface area contributed by atoms with Crippen molar-refractivity contribution in [2.24, 2.45) is 0 Å². The molecule has 1 heteroatoms. The molecule has 8 rings (SSSR count). The van der Waals surface area contributed by atoms with Crippen LogP contribution in [0.4, 0.5) is 0 Å². The number of hydrogen-bond donors (Lipinski definition) is 0. The summed E-state index contributed by atoms with van der Waals surface area (Å²) in [4.78, 5) is 1.43. The molecule has 2 aliphatic rings. The molecule has 0 saturated heterocycles. The third-order valence-electron chi connectivity index (χ3n) is 8.19. The van der Waals surface area contributed by atoms with Gasteiger partial charge in [-0.05, 0) is 92.1 Å². The van der Waals surface area contributed by atoms with E-state index in [1.165, 1.54) is 75.5 Å². The molecule has 1 aromatic heterocycles. The molecule has 1 heterocycles. The molecule has 5 aromatic carbocycles. The van der Waals surface area contributed by atoms with Crippen LogP contribution in [0.2, 0.25) is 0 Å². The van der Waals surface area contributed by atoms with Crippen molar-refractivity contribution in [3.8, 4) is 22.3 Å². The van der Waals surface area contributed by atoms with Crippen LogP contribution >= 0.6 is 11.3 Å². The molecular weight excluding hydrogens is 464 g/mol. The fourth-order valence-corrected chi connectivity index (χ4v) is 7.82. The Bertz CT molecular complexity index is 1870. The monoisotopic (exact) mass is 490 g/mol. The predicted molar refractivity (Wildman–Crippen MR) is 162 cm³/mol. The maximum Gasteiger partial charge on any atom is 0.0430 e. The second-order valence-corrected chi connectivity index (χ2v) is 11.3. The van der Waals surface area contributed by atoms with Gasteiger partial charge in [-0.3, -0.25) is 0 Å². The first kappa shape index (κ1) is 21.2. The number of aryl methyl sites for hydroxylation is 2. The van der Waals surface area contributed by atoms with Gasteiger partial charge in [0.15, 0.2) is 0 Å². The van der Waals surface area contributed by atoms with Gasteiger partial charge in [-0.1, -0.05) is 103 Å². The van der Waals surface area contributed by atoms with E-state index in [0.717, 1.165) is 25.7 Å². The standard InChI is InChI=1S/C36H26S/c1-2-11-24-22-25(21-20-23(24)10-1)34-27-13-3-5-15-29(27)35(30-16-6-4-14-28(30)34)32-18-9-17-31-26-12-7-8-19-33(26)37-36(31)32/h1,3-6,8-10,13-22H,2,7,11-12H2. The summed E-state index contributed by atoms with van der Waals surface area (Å²) in [5.41, 5.74) is 9.75. The summed E-state index contributed by atoms with van der Waals surface area (Å²) in [5, 5.41) is 6.77. The van der Waals surface area contributed by atoms with Crippen LogP contribution in [0.15, 0.2) is 97.1 Å². The van der Waals surface area contributed by atoms with Gasteiger partial charge in [0.25, 0.3) is 0 Å². The third kappa shape index (κ3) is 3.21. The summed E-state index contributed by atoms with van der Waals surface area (Å²) in [6.07, 6.45) is 13.7. The van der Waals surface area contributed by atoms with Gasteiger partial charge >= 0.3 is 0 Å². The minimum atomic E-state index is 1.12. The molecule has 37 heavy (non-hydrogen) atoms. The molecule has 0 saturated carbocycles. The van der Waals surface area contributed by atoms with E-state index in [2.05, 4.69) is 109 Å². The van der Waals surface area contributed by atoms with Gasteiger partial charge in [-0.15, -0.1) is 11.3 Å². The summed E-state index contributed by atoms with van der Waals surface area (Å²) in [6, 6.07) is 32.1. The SMILES string of the molecule is C1=Cc2ccc(-c3c4ccccc4c(-c4cccc5c6c(sc45)C=CCC6)c4ccccc34)cc2CC1. The first-order chi connectivity index (χ1) is 18.4. The molecule has 0 unspecified atom stereocenters. The van der Waals surface area contributed by atoms with Crippen molar-refractivity contribution < 1.29 is 0 Å². The summed E-state index contributed by atoms with van der Waals surface area (Å²) in [6.45, 7) is 0. The molecule has 176 valence electrons. The number of allylic oxidation sites excluding steroid dienone is 2. The lowest BCUT2D eigenvalue weighted by molar-refractivity contribution is 0.986. The van der Waals surface area contributed by atoms with E-state index in [-0.39, 0.29) is 0 Å². The summed E-state index contributed by atoms with van der Waals surface area (Å²) in [5.74, 6) is 0. The van der Waals surface area contributed by atoms with E-state index in [4.69, 9.17) is 0 Å². The topological polar surface area (TPSA) is 0 Å². The van der Waals surface area contributed by atoms with E-state index < -0.39 is 0 Å². The smallest absolute Gasteiger partial charge is 0.0430 e. The van der Waals surface area contributed by atoms with E-state index in [9.17, 15) is 0 Å². The van der Waals surface area contributed by atoms with Crippen LogP contribution in [-0.4, -0.2) is 0 Å². The van der Waals surface area contributed by atoms with Gasteiger partial charge in [0.2, 0.25) is 0 Å². The Balaban J connectivity index is 1.49. The molecule has 0 bridgehead atoms. The van der Waals surface area contributed by atoms with Crippen LogP contribution in [0, 0.1) is 0 Å². The zero-order valence-electron chi connectivity index (χ0n) is 20.6. The fraction of sp³-hybridized carbons (Fsp3) is 0.111. The maximum atomic E-state index is 2.44. The molecule has 2 aliphatic carbocycles. The molecule has 0 amide bonds. The fourth-order valence-electron chi connectivity index (χ4n) is 6.52. The van der Waals surface area contributed by atoms with E-state index in [1.54, 1.807) is 0 Å². The highest BCUT2D eigenvalue weighted by Gasteiger charge is 2.21. The molecule has 0 aliphatic heterocycles. The largest absolute Gasteiger partial charge is 0.135 e. The quantitative estimate of drug-likeness (QED) is 0.212. The molecular formula is C36H26S. The number of hydrogen-bond acceptors (Lipinski definition) is 1. The second kappa shape index (κ2) is 8.30.